The zero-order valence-electron chi connectivity index (χ0n) is 6.28. The normalized spacial score (nSPS) is 10.2. The van der Waals surface area contributed by atoms with Crippen LogP contribution >= 0.6 is 34.8 Å². The number of benzene rings is 1. The Balaban J connectivity index is 3.23. The minimum atomic E-state index is -0.681. The van der Waals surface area contributed by atoms with Crippen molar-refractivity contribution in [3.05, 3.63) is 33.6 Å². The van der Waals surface area contributed by atoms with Crippen molar-refractivity contribution in [2.45, 2.75) is 0 Å². The van der Waals surface area contributed by atoms with Gasteiger partial charge in [-0.1, -0.05) is 23.2 Å². The lowest BCUT2D eigenvalue weighted by Crippen LogP contribution is -2.02. The van der Waals surface area contributed by atoms with Gasteiger partial charge in [0.15, 0.2) is 5.78 Å². The lowest BCUT2D eigenvalue weighted by Gasteiger charge is -2.02. The highest BCUT2D eigenvalue weighted by Gasteiger charge is 2.12. The van der Waals surface area contributed by atoms with E-state index < -0.39 is 11.6 Å². The van der Waals surface area contributed by atoms with Crippen molar-refractivity contribution in [2.75, 3.05) is 5.88 Å². The van der Waals surface area contributed by atoms with E-state index in [1.165, 1.54) is 6.07 Å². The summed E-state index contributed by atoms with van der Waals surface area (Å²) in [6.07, 6.45) is 0. The summed E-state index contributed by atoms with van der Waals surface area (Å²) < 4.78 is 12.9. The first-order valence-electron chi connectivity index (χ1n) is 3.30. The Labute approximate surface area is 89.4 Å². The van der Waals surface area contributed by atoms with E-state index in [4.69, 9.17) is 34.8 Å². The average Bonchev–Trinajstić information content (AvgIpc) is 2.10. The molecule has 0 aromatic heterocycles. The monoisotopic (exact) mass is 240 g/mol. The van der Waals surface area contributed by atoms with Crippen molar-refractivity contribution in [2.24, 2.45) is 0 Å². The third-order valence-electron chi connectivity index (χ3n) is 1.43. The SMILES string of the molecule is O=C(CCl)c1cc(F)c(Cl)cc1Cl. The van der Waals surface area contributed by atoms with E-state index in [0.717, 1.165) is 6.07 Å². The number of ketones is 1. The van der Waals surface area contributed by atoms with Crippen molar-refractivity contribution in [1.82, 2.24) is 0 Å². The quantitative estimate of drug-likeness (QED) is 0.440. The molecule has 0 amide bonds. The van der Waals surface area contributed by atoms with E-state index in [1.54, 1.807) is 0 Å². The molecular formula is C8H4Cl3FO. The molecule has 0 radical (unpaired) electrons. The molecule has 1 rings (SSSR count). The van der Waals surface area contributed by atoms with Crippen molar-refractivity contribution in [3.8, 4) is 0 Å². The Hall–Kier alpha value is -0.310. The number of hydrogen-bond acceptors (Lipinski definition) is 1. The Bertz CT molecular complexity index is 351. The zero-order valence-corrected chi connectivity index (χ0v) is 8.55. The van der Waals surface area contributed by atoms with Crippen LogP contribution in [0.1, 0.15) is 10.4 Å². The molecule has 1 nitrogen and oxygen atoms in total. The molecule has 0 spiro atoms. The van der Waals surface area contributed by atoms with Gasteiger partial charge >= 0.3 is 0 Å². The first-order valence-corrected chi connectivity index (χ1v) is 4.59. The fourth-order valence-electron chi connectivity index (χ4n) is 0.808. The molecule has 5 heteroatoms. The van der Waals surface area contributed by atoms with E-state index >= 15 is 0 Å². The van der Waals surface area contributed by atoms with Crippen LogP contribution < -0.4 is 0 Å². The van der Waals surface area contributed by atoms with Gasteiger partial charge in [-0.3, -0.25) is 4.79 Å². The van der Waals surface area contributed by atoms with Crippen LogP contribution in [-0.4, -0.2) is 11.7 Å². The summed E-state index contributed by atoms with van der Waals surface area (Å²) >= 11 is 16.4. The van der Waals surface area contributed by atoms with Crippen LogP contribution in [0.25, 0.3) is 0 Å². The molecule has 0 aliphatic rings. The molecule has 13 heavy (non-hydrogen) atoms. The molecular weight excluding hydrogens is 237 g/mol. The van der Waals surface area contributed by atoms with E-state index in [9.17, 15) is 9.18 Å². The molecule has 1 aromatic carbocycles. The third kappa shape index (κ3) is 2.33. The van der Waals surface area contributed by atoms with Crippen molar-refractivity contribution < 1.29 is 9.18 Å². The maximum Gasteiger partial charge on any atom is 0.179 e. The van der Waals surface area contributed by atoms with Gasteiger partial charge in [-0.25, -0.2) is 4.39 Å². The first-order chi connectivity index (χ1) is 6.06. The molecule has 0 aliphatic carbocycles. The van der Waals surface area contributed by atoms with Gasteiger partial charge in [0.1, 0.15) is 5.82 Å². The molecule has 0 N–H and O–H groups in total. The number of alkyl halides is 1. The molecule has 70 valence electrons. The molecule has 0 aliphatic heterocycles. The van der Waals surface area contributed by atoms with Crippen molar-refractivity contribution >= 4 is 40.6 Å². The Morgan fingerprint density at radius 2 is 1.92 bits per heavy atom. The first kappa shape index (κ1) is 10.8. The Kier molecular flexibility index (Phi) is 3.54. The maximum atomic E-state index is 12.9. The lowest BCUT2D eigenvalue weighted by molar-refractivity contribution is 0.102. The van der Waals surface area contributed by atoms with Crippen LogP contribution in [0.3, 0.4) is 0 Å². The highest BCUT2D eigenvalue weighted by atomic mass is 35.5. The summed E-state index contributed by atoms with van der Waals surface area (Å²) in [6, 6.07) is 2.16. The number of carbonyl (C=O) groups excluding carboxylic acids is 1. The van der Waals surface area contributed by atoms with Gasteiger partial charge in [0, 0.05) is 5.56 Å². The molecule has 0 bridgehead atoms. The largest absolute Gasteiger partial charge is 0.293 e. The van der Waals surface area contributed by atoms with Crippen molar-refractivity contribution in [1.29, 1.82) is 0 Å². The third-order valence-corrected chi connectivity index (χ3v) is 2.28. The van der Waals surface area contributed by atoms with E-state index in [0.29, 0.717) is 0 Å². The van der Waals surface area contributed by atoms with Gasteiger partial charge in [0.25, 0.3) is 0 Å². The van der Waals surface area contributed by atoms with E-state index in [-0.39, 0.29) is 21.5 Å². The van der Waals surface area contributed by atoms with Crippen LogP contribution in [0, 0.1) is 5.82 Å². The van der Waals surface area contributed by atoms with Crippen LogP contribution in [0.4, 0.5) is 4.39 Å². The second-order valence-electron chi connectivity index (χ2n) is 2.30. The molecule has 0 fully saturated rings. The van der Waals surface area contributed by atoms with Gasteiger partial charge in [0.05, 0.1) is 15.9 Å². The summed E-state index contributed by atoms with van der Waals surface area (Å²) in [5.74, 6) is -1.34. The molecule has 1 aromatic rings. The number of rotatable bonds is 2. The summed E-state index contributed by atoms with van der Waals surface area (Å²) in [5, 5.41) is -0.00632. The Morgan fingerprint density at radius 3 is 2.46 bits per heavy atom. The fourth-order valence-corrected chi connectivity index (χ4v) is 1.44. The highest BCUT2D eigenvalue weighted by molar-refractivity contribution is 6.39. The molecule has 0 saturated heterocycles. The molecule has 0 heterocycles. The summed E-state index contributed by atoms with van der Waals surface area (Å²) in [6.45, 7) is 0. The maximum absolute atomic E-state index is 12.9. The topological polar surface area (TPSA) is 17.1 Å². The zero-order chi connectivity index (χ0) is 10.0. The van der Waals surface area contributed by atoms with E-state index in [1.807, 2.05) is 0 Å². The van der Waals surface area contributed by atoms with Gasteiger partial charge < -0.3 is 0 Å². The smallest absolute Gasteiger partial charge is 0.179 e. The fraction of sp³-hybridized carbons (Fsp3) is 0.125. The minimum absolute atomic E-state index is 0.0542. The van der Waals surface area contributed by atoms with E-state index in [2.05, 4.69) is 0 Å². The van der Waals surface area contributed by atoms with Gasteiger partial charge in [-0.2, -0.15) is 0 Å². The highest BCUT2D eigenvalue weighted by Crippen LogP contribution is 2.24. The van der Waals surface area contributed by atoms with Gasteiger partial charge in [-0.05, 0) is 12.1 Å². The second-order valence-corrected chi connectivity index (χ2v) is 3.38. The predicted molar refractivity (Wildman–Crippen MR) is 51.5 cm³/mol. The summed E-state index contributed by atoms with van der Waals surface area (Å²) in [5.41, 5.74) is 0.0542. The predicted octanol–water partition coefficient (Wildman–Crippen LogP) is 3.55. The molecule has 0 saturated carbocycles. The molecule has 0 atom stereocenters. The standard InChI is InChI=1S/C8H4Cl3FO/c9-3-8(13)4-1-7(12)6(11)2-5(4)10/h1-2H,3H2. The number of carbonyl (C=O) groups is 1. The summed E-state index contributed by atoms with van der Waals surface area (Å²) in [7, 11) is 0. The number of halogens is 4. The lowest BCUT2D eigenvalue weighted by atomic mass is 10.1. The Morgan fingerprint density at radius 1 is 1.31 bits per heavy atom. The van der Waals surface area contributed by atoms with Gasteiger partial charge in [0.2, 0.25) is 0 Å². The van der Waals surface area contributed by atoms with Crippen LogP contribution in [-0.2, 0) is 0 Å². The summed E-state index contributed by atoms with van der Waals surface area (Å²) in [4.78, 5) is 11.1. The van der Waals surface area contributed by atoms with Crippen LogP contribution in [0.15, 0.2) is 12.1 Å². The second kappa shape index (κ2) is 4.27. The number of Topliss-reactive ketones (excluding diaryl/α,β-unsaturated/α-hetero) is 1. The van der Waals surface area contributed by atoms with Crippen LogP contribution in [0.5, 0.6) is 0 Å². The van der Waals surface area contributed by atoms with Gasteiger partial charge in [-0.15, -0.1) is 11.6 Å². The van der Waals surface area contributed by atoms with Crippen LogP contribution in [0.2, 0.25) is 10.0 Å². The average molecular weight is 241 g/mol. The molecule has 0 unspecified atom stereocenters. The number of hydrogen-bond donors (Lipinski definition) is 0. The minimum Gasteiger partial charge on any atom is -0.293 e. The van der Waals surface area contributed by atoms with Crippen molar-refractivity contribution in [3.63, 3.8) is 0 Å².